The monoisotopic (exact) mass is 422 g/mol. The molecule has 0 aliphatic carbocycles. The van der Waals surface area contributed by atoms with Gasteiger partial charge < -0.3 is 10.2 Å². The number of amides is 1. The maximum Gasteiger partial charge on any atom is 0.240 e. The van der Waals surface area contributed by atoms with Crippen LogP contribution in [0.4, 0.5) is 10.9 Å². The first-order valence-electron chi connectivity index (χ1n) is 10.1. The summed E-state index contributed by atoms with van der Waals surface area (Å²) in [5.41, 5.74) is 3.15. The van der Waals surface area contributed by atoms with Crippen LogP contribution < -0.4 is 10.2 Å². The Balaban J connectivity index is 1.30. The van der Waals surface area contributed by atoms with E-state index in [-0.39, 0.29) is 5.91 Å². The van der Waals surface area contributed by atoms with Crippen LogP contribution in [-0.4, -0.2) is 58.7 Å². The van der Waals surface area contributed by atoms with Crippen LogP contribution in [0.25, 0.3) is 11.3 Å². The number of thiazole rings is 1. The molecule has 1 aliphatic rings. The third kappa shape index (κ3) is 5.01. The molecule has 1 amide bonds. The molecule has 4 rings (SSSR count). The maximum absolute atomic E-state index is 12.5. The molecule has 1 saturated heterocycles. The molecule has 1 atom stereocenters. The minimum Gasteiger partial charge on any atom is -0.351 e. The molecule has 7 nitrogen and oxygen atoms in total. The summed E-state index contributed by atoms with van der Waals surface area (Å²) in [5.74, 6) is 0.857. The normalized spacial score (nSPS) is 16.2. The number of hydrogen-bond donors (Lipinski definition) is 1. The highest BCUT2D eigenvalue weighted by atomic mass is 32.1. The molecule has 3 heterocycles. The summed E-state index contributed by atoms with van der Waals surface area (Å²) in [5, 5.41) is 13.8. The van der Waals surface area contributed by atoms with Gasteiger partial charge in [0.05, 0.1) is 12.2 Å². The van der Waals surface area contributed by atoms with E-state index in [1.165, 1.54) is 16.9 Å². The smallest absolute Gasteiger partial charge is 0.240 e. The van der Waals surface area contributed by atoms with Crippen molar-refractivity contribution in [2.45, 2.75) is 25.8 Å². The summed E-state index contributed by atoms with van der Waals surface area (Å²) < 4.78 is 0. The molecule has 1 N–H and O–H groups in total. The zero-order valence-corrected chi connectivity index (χ0v) is 18.1. The third-order valence-electron chi connectivity index (χ3n) is 5.26. The first kappa shape index (κ1) is 20.4. The second kappa shape index (κ2) is 9.32. The average Bonchev–Trinajstić information content (AvgIpc) is 3.39. The molecule has 1 aromatic carbocycles. The highest BCUT2D eigenvalue weighted by molar-refractivity contribution is 7.14. The van der Waals surface area contributed by atoms with Gasteiger partial charge in [0, 0.05) is 36.3 Å². The van der Waals surface area contributed by atoms with Gasteiger partial charge in [-0.15, -0.1) is 16.4 Å². The van der Waals surface area contributed by atoms with E-state index in [1.54, 1.807) is 6.20 Å². The van der Waals surface area contributed by atoms with Crippen molar-refractivity contribution >= 4 is 28.2 Å². The second-order valence-corrected chi connectivity index (χ2v) is 8.58. The van der Waals surface area contributed by atoms with E-state index < -0.39 is 0 Å². The number of hydrogen-bond acceptors (Lipinski definition) is 7. The van der Waals surface area contributed by atoms with Crippen LogP contribution in [0.2, 0.25) is 0 Å². The van der Waals surface area contributed by atoms with Crippen molar-refractivity contribution in [2.75, 3.05) is 36.9 Å². The van der Waals surface area contributed by atoms with Gasteiger partial charge in [-0.2, -0.15) is 5.10 Å². The first-order valence-corrected chi connectivity index (χ1v) is 11.0. The van der Waals surface area contributed by atoms with Crippen LogP contribution in [-0.2, 0) is 4.79 Å². The minimum atomic E-state index is -0.0497. The molecule has 30 heavy (non-hydrogen) atoms. The van der Waals surface area contributed by atoms with Crippen LogP contribution in [0.5, 0.6) is 0 Å². The zero-order valence-electron chi connectivity index (χ0n) is 17.3. The number of carbonyl (C=O) groups is 1. The lowest BCUT2D eigenvalue weighted by atomic mass is 10.1. The number of aryl methyl sites for hydroxylation is 1. The van der Waals surface area contributed by atoms with Crippen molar-refractivity contribution in [1.82, 2.24) is 20.1 Å². The van der Waals surface area contributed by atoms with Crippen molar-refractivity contribution in [2.24, 2.45) is 0 Å². The number of carbonyl (C=O) groups excluding carboxylic acids is 1. The van der Waals surface area contributed by atoms with Crippen LogP contribution in [0.15, 0.2) is 48.0 Å². The summed E-state index contributed by atoms with van der Waals surface area (Å²) in [4.78, 5) is 21.4. The van der Waals surface area contributed by atoms with Crippen LogP contribution in [0.1, 0.15) is 18.4 Å². The number of nitrogens with zero attached hydrogens (tertiary/aromatic N) is 5. The van der Waals surface area contributed by atoms with Gasteiger partial charge in [-0.1, -0.05) is 29.8 Å². The molecular weight excluding hydrogens is 396 g/mol. The van der Waals surface area contributed by atoms with E-state index in [4.69, 9.17) is 0 Å². The Bertz CT molecular complexity index is 975. The number of aromatic nitrogens is 3. The summed E-state index contributed by atoms with van der Waals surface area (Å²) >= 11 is 1.45. The summed E-state index contributed by atoms with van der Waals surface area (Å²) in [7, 11) is 1.98. The second-order valence-electron chi connectivity index (χ2n) is 7.72. The zero-order chi connectivity index (χ0) is 20.9. The third-order valence-corrected chi connectivity index (χ3v) is 6.02. The van der Waals surface area contributed by atoms with Crippen molar-refractivity contribution in [1.29, 1.82) is 0 Å². The first-order chi connectivity index (χ1) is 14.6. The van der Waals surface area contributed by atoms with Gasteiger partial charge in [0.15, 0.2) is 10.9 Å². The molecule has 1 unspecified atom stereocenters. The molecule has 1 aliphatic heterocycles. The average molecular weight is 423 g/mol. The lowest BCUT2D eigenvalue weighted by Crippen LogP contribution is -2.42. The Morgan fingerprint density at radius 1 is 1.30 bits per heavy atom. The number of rotatable bonds is 7. The largest absolute Gasteiger partial charge is 0.351 e. The minimum absolute atomic E-state index is 0.0497. The number of nitrogens with one attached hydrogen (secondary N) is 1. The number of anilines is 2. The van der Waals surface area contributed by atoms with Crippen LogP contribution in [0.3, 0.4) is 0 Å². The van der Waals surface area contributed by atoms with Gasteiger partial charge in [0.1, 0.15) is 0 Å². The Labute approximate surface area is 180 Å². The van der Waals surface area contributed by atoms with E-state index in [0.717, 1.165) is 43.0 Å². The van der Waals surface area contributed by atoms with E-state index >= 15 is 0 Å². The van der Waals surface area contributed by atoms with E-state index in [0.29, 0.717) is 17.7 Å². The van der Waals surface area contributed by atoms with Crippen LogP contribution >= 0.6 is 11.3 Å². The fourth-order valence-corrected chi connectivity index (χ4v) is 4.53. The molecule has 0 bridgehead atoms. The molecule has 0 saturated carbocycles. The van der Waals surface area contributed by atoms with Gasteiger partial charge in [0.2, 0.25) is 5.91 Å². The van der Waals surface area contributed by atoms with Crippen molar-refractivity contribution in [3.05, 3.63) is 53.5 Å². The van der Waals surface area contributed by atoms with Gasteiger partial charge in [0.25, 0.3) is 0 Å². The van der Waals surface area contributed by atoms with Crippen molar-refractivity contribution in [3.8, 4) is 11.3 Å². The topological polar surface area (TPSA) is 74.2 Å². The summed E-state index contributed by atoms with van der Waals surface area (Å²) in [6, 6.07) is 12.5. The number of likely N-dealkylation sites (N-methyl/N-ethyl adjacent to an activating group) is 1. The molecule has 8 heteroatoms. The van der Waals surface area contributed by atoms with E-state index in [9.17, 15) is 4.79 Å². The Morgan fingerprint density at radius 2 is 2.13 bits per heavy atom. The lowest BCUT2D eigenvalue weighted by molar-refractivity contribution is -0.117. The maximum atomic E-state index is 12.5. The molecule has 1 fully saturated rings. The van der Waals surface area contributed by atoms with Crippen LogP contribution in [0, 0.1) is 6.92 Å². The molecule has 2 aromatic heterocycles. The van der Waals surface area contributed by atoms with Crippen molar-refractivity contribution in [3.63, 3.8) is 0 Å². The molecule has 3 aromatic rings. The van der Waals surface area contributed by atoms with Gasteiger partial charge in [-0.25, -0.2) is 4.98 Å². The molecule has 156 valence electrons. The molecule has 0 radical (unpaired) electrons. The fraction of sp³-hybridized carbons (Fsp3) is 0.364. The Kier molecular flexibility index (Phi) is 6.35. The van der Waals surface area contributed by atoms with Gasteiger partial charge in [-0.3, -0.25) is 9.69 Å². The standard InChI is InChI=1S/C22H26N6OS/c1-16-7-9-17(10-8-16)19-15-30-22(24-19)25-21(29)14-27(2)13-18-5-4-12-28(18)20-6-3-11-23-26-20/h3,6-11,15,18H,4-5,12-14H2,1-2H3,(H,24,25,29). The van der Waals surface area contributed by atoms with E-state index in [1.807, 2.05) is 36.7 Å². The number of benzene rings is 1. The van der Waals surface area contributed by atoms with Gasteiger partial charge in [-0.05, 0) is 38.9 Å². The summed E-state index contributed by atoms with van der Waals surface area (Å²) in [6.45, 7) is 4.16. The van der Waals surface area contributed by atoms with E-state index in [2.05, 4.69) is 49.4 Å². The highest BCUT2D eigenvalue weighted by Crippen LogP contribution is 2.26. The quantitative estimate of drug-likeness (QED) is 0.629. The Morgan fingerprint density at radius 3 is 2.90 bits per heavy atom. The Hall–Kier alpha value is -2.84. The SMILES string of the molecule is Cc1ccc(-c2csc(NC(=O)CN(C)CC3CCCN3c3cccnn3)n2)cc1. The van der Waals surface area contributed by atoms with Crippen molar-refractivity contribution < 1.29 is 4.79 Å². The molecular formula is C22H26N6OS. The van der Waals surface area contributed by atoms with Gasteiger partial charge >= 0.3 is 0 Å². The fourth-order valence-electron chi connectivity index (χ4n) is 3.79. The lowest BCUT2D eigenvalue weighted by Gasteiger charge is -2.28. The predicted octanol–water partition coefficient (Wildman–Crippen LogP) is 3.45. The summed E-state index contributed by atoms with van der Waals surface area (Å²) in [6.07, 6.45) is 3.91. The molecule has 0 spiro atoms. The highest BCUT2D eigenvalue weighted by Gasteiger charge is 2.27. The predicted molar refractivity (Wildman–Crippen MR) is 121 cm³/mol.